The third-order valence-corrected chi connectivity index (χ3v) is 4.44. The highest BCUT2D eigenvalue weighted by atomic mass is 16.5. The molecule has 0 radical (unpaired) electrons. The van der Waals surface area contributed by atoms with Crippen molar-refractivity contribution in [3.63, 3.8) is 0 Å². The number of rotatable bonds is 7. The molecule has 0 aliphatic carbocycles. The summed E-state index contributed by atoms with van der Waals surface area (Å²) in [5, 5.41) is 0. The highest BCUT2D eigenvalue weighted by Gasteiger charge is 2.40. The van der Waals surface area contributed by atoms with E-state index in [4.69, 9.17) is 15.3 Å². The van der Waals surface area contributed by atoms with Crippen LogP contribution in [-0.4, -0.2) is 33.0 Å². The number of methoxy groups -OCH3 is 1. The van der Waals surface area contributed by atoms with E-state index in [-0.39, 0.29) is 11.5 Å². The predicted octanol–water partition coefficient (Wildman–Crippen LogP) is 1.99. The minimum absolute atomic E-state index is 0.0714. The van der Waals surface area contributed by atoms with Crippen LogP contribution < -0.4 is 11.3 Å². The molecule has 1 aliphatic rings. The van der Waals surface area contributed by atoms with Crippen molar-refractivity contribution in [3.05, 3.63) is 35.9 Å². The van der Waals surface area contributed by atoms with Crippen LogP contribution in [0.15, 0.2) is 30.3 Å². The number of benzene rings is 1. The first-order valence-corrected chi connectivity index (χ1v) is 7.42. The van der Waals surface area contributed by atoms with Gasteiger partial charge in [-0.15, -0.1) is 0 Å². The maximum atomic E-state index is 5.88. The van der Waals surface area contributed by atoms with Crippen molar-refractivity contribution in [2.75, 3.05) is 26.9 Å². The lowest BCUT2D eigenvalue weighted by Gasteiger charge is -2.44. The Balaban J connectivity index is 2.21. The zero-order chi connectivity index (χ0) is 14.3. The summed E-state index contributed by atoms with van der Waals surface area (Å²) in [6.07, 6.45) is 4.05. The van der Waals surface area contributed by atoms with E-state index in [9.17, 15) is 0 Å². The highest BCUT2D eigenvalue weighted by molar-refractivity contribution is 5.28. The Bertz CT molecular complexity index is 377. The van der Waals surface area contributed by atoms with E-state index in [1.807, 2.05) is 0 Å². The van der Waals surface area contributed by atoms with Crippen molar-refractivity contribution >= 4 is 0 Å². The second kappa shape index (κ2) is 7.74. The first-order valence-electron chi connectivity index (χ1n) is 7.42. The topological polar surface area (TPSA) is 56.5 Å². The molecule has 1 aromatic carbocycles. The molecule has 1 saturated heterocycles. The van der Waals surface area contributed by atoms with Gasteiger partial charge in [0.05, 0.1) is 0 Å². The van der Waals surface area contributed by atoms with E-state index in [1.54, 1.807) is 7.11 Å². The highest BCUT2D eigenvalue weighted by Crippen LogP contribution is 2.39. The average Bonchev–Trinajstić information content (AvgIpc) is 2.53. The largest absolute Gasteiger partial charge is 0.385 e. The molecular weight excluding hydrogens is 252 g/mol. The Hall–Kier alpha value is -0.940. The van der Waals surface area contributed by atoms with E-state index in [2.05, 4.69) is 35.8 Å². The van der Waals surface area contributed by atoms with Crippen LogP contribution in [0.4, 0.5) is 0 Å². The van der Waals surface area contributed by atoms with Gasteiger partial charge in [-0.2, -0.15) is 0 Å². The molecule has 0 spiro atoms. The lowest BCUT2D eigenvalue weighted by molar-refractivity contribution is 0.0314. The number of nitrogens with two attached hydrogens (primary N) is 1. The normalized spacial score (nSPS) is 19.7. The lowest BCUT2D eigenvalue weighted by Crippen LogP contribution is -2.53. The molecule has 1 fully saturated rings. The third-order valence-electron chi connectivity index (χ3n) is 4.44. The second-order valence-corrected chi connectivity index (χ2v) is 5.49. The van der Waals surface area contributed by atoms with Crippen molar-refractivity contribution in [1.82, 2.24) is 5.43 Å². The summed E-state index contributed by atoms with van der Waals surface area (Å²) in [6.45, 7) is 2.38. The van der Waals surface area contributed by atoms with Gasteiger partial charge >= 0.3 is 0 Å². The molecule has 1 aliphatic heterocycles. The molecule has 0 amide bonds. The van der Waals surface area contributed by atoms with Gasteiger partial charge in [-0.05, 0) is 31.2 Å². The first-order chi connectivity index (χ1) is 9.83. The number of nitrogens with one attached hydrogen (secondary N) is 1. The summed E-state index contributed by atoms with van der Waals surface area (Å²) in [7, 11) is 1.74. The van der Waals surface area contributed by atoms with E-state index in [0.717, 1.165) is 45.5 Å². The lowest BCUT2D eigenvalue weighted by atomic mass is 9.67. The van der Waals surface area contributed by atoms with Crippen LogP contribution >= 0.6 is 0 Å². The van der Waals surface area contributed by atoms with Crippen molar-refractivity contribution in [2.24, 2.45) is 5.84 Å². The molecule has 112 valence electrons. The molecule has 0 bridgehead atoms. The van der Waals surface area contributed by atoms with E-state index in [1.165, 1.54) is 5.56 Å². The van der Waals surface area contributed by atoms with Gasteiger partial charge in [-0.1, -0.05) is 30.3 Å². The molecule has 1 aromatic rings. The summed E-state index contributed by atoms with van der Waals surface area (Å²) in [5.74, 6) is 5.88. The molecule has 3 N–H and O–H groups in total. The molecule has 4 nitrogen and oxygen atoms in total. The molecule has 1 heterocycles. The smallest absolute Gasteiger partial charge is 0.0475 e. The van der Waals surface area contributed by atoms with Gasteiger partial charge in [-0.25, -0.2) is 0 Å². The van der Waals surface area contributed by atoms with Crippen LogP contribution in [-0.2, 0) is 14.9 Å². The summed E-state index contributed by atoms with van der Waals surface area (Å²) in [5.41, 5.74) is 4.49. The quantitative estimate of drug-likeness (QED) is 0.455. The molecule has 0 aromatic heterocycles. The van der Waals surface area contributed by atoms with Crippen molar-refractivity contribution < 1.29 is 9.47 Å². The van der Waals surface area contributed by atoms with Gasteiger partial charge in [0.1, 0.15) is 0 Å². The van der Waals surface area contributed by atoms with Crippen LogP contribution in [0, 0.1) is 0 Å². The standard InChI is InChI=1S/C16H26N2O2/c1-19-11-5-8-15(18-17)16(9-12-20-13-10-16)14-6-3-2-4-7-14/h2-4,6-7,15,18H,5,8-13,17H2,1H3. The van der Waals surface area contributed by atoms with Crippen molar-refractivity contribution in [2.45, 2.75) is 37.1 Å². The molecule has 1 atom stereocenters. The van der Waals surface area contributed by atoms with Crippen LogP contribution in [0.5, 0.6) is 0 Å². The molecule has 0 saturated carbocycles. The molecule has 1 unspecified atom stereocenters. The molecular formula is C16H26N2O2. The maximum Gasteiger partial charge on any atom is 0.0475 e. The minimum atomic E-state index is 0.0714. The Kier molecular flexibility index (Phi) is 5.98. The number of hydrazine groups is 1. The van der Waals surface area contributed by atoms with Crippen LogP contribution in [0.2, 0.25) is 0 Å². The maximum absolute atomic E-state index is 5.88. The molecule has 20 heavy (non-hydrogen) atoms. The van der Waals surface area contributed by atoms with E-state index < -0.39 is 0 Å². The van der Waals surface area contributed by atoms with Gasteiger partial charge in [0.15, 0.2) is 0 Å². The summed E-state index contributed by atoms with van der Waals surface area (Å²) < 4.78 is 10.7. The van der Waals surface area contributed by atoms with Crippen molar-refractivity contribution in [3.8, 4) is 0 Å². The zero-order valence-corrected chi connectivity index (χ0v) is 12.3. The van der Waals surface area contributed by atoms with Gasteiger partial charge in [-0.3, -0.25) is 11.3 Å². The zero-order valence-electron chi connectivity index (χ0n) is 12.3. The third kappa shape index (κ3) is 3.38. The van der Waals surface area contributed by atoms with E-state index in [0.29, 0.717) is 0 Å². The number of ether oxygens (including phenoxy) is 2. The fraction of sp³-hybridized carbons (Fsp3) is 0.625. The van der Waals surface area contributed by atoms with Gasteiger partial charge in [0, 0.05) is 38.4 Å². The predicted molar refractivity (Wildman–Crippen MR) is 80.4 cm³/mol. The fourth-order valence-corrected chi connectivity index (χ4v) is 3.29. The molecule has 2 rings (SSSR count). The number of hydrogen-bond donors (Lipinski definition) is 2. The Labute approximate surface area is 121 Å². The van der Waals surface area contributed by atoms with Gasteiger partial charge < -0.3 is 9.47 Å². The summed E-state index contributed by atoms with van der Waals surface area (Å²) in [4.78, 5) is 0. The Morgan fingerprint density at radius 2 is 2.00 bits per heavy atom. The minimum Gasteiger partial charge on any atom is -0.385 e. The van der Waals surface area contributed by atoms with Crippen LogP contribution in [0.1, 0.15) is 31.2 Å². The Morgan fingerprint density at radius 1 is 1.30 bits per heavy atom. The van der Waals surface area contributed by atoms with E-state index >= 15 is 0 Å². The molecule has 4 heteroatoms. The second-order valence-electron chi connectivity index (χ2n) is 5.49. The summed E-state index contributed by atoms with van der Waals surface area (Å²) in [6, 6.07) is 11.0. The Morgan fingerprint density at radius 3 is 2.60 bits per heavy atom. The SMILES string of the molecule is COCCCC(NN)C1(c2ccccc2)CCOCC1. The van der Waals surface area contributed by atoms with Crippen LogP contribution in [0.3, 0.4) is 0 Å². The fourth-order valence-electron chi connectivity index (χ4n) is 3.29. The monoisotopic (exact) mass is 278 g/mol. The number of hydrogen-bond acceptors (Lipinski definition) is 4. The van der Waals surface area contributed by atoms with Crippen LogP contribution in [0.25, 0.3) is 0 Å². The van der Waals surface area contributed by atoms with Gasteiger partial charge in [0.2, 0.25) is 0 Å². The summed E-state index contributed by atoms with van der Waals surface area (Å²) >= 11 is 0. The van der Waals surface area contributed by atoms with Crippen molar-refractivity contribution in [1.29, 1.82) is 0 Å². The average molecular weight is 278 g/mol. The van der Waals surface area contributed by atoms with Gasteiger partial charge in [0.25, 0.3) is 0 Å². The first kappa shape index (κ1) is 15.4.